The zero-order valence-electron chi connectivity index (χ0n) is 11.3. The van der Waals surface area contributed by atoms with E-state index in [0.29, 0.717) is 18.7 Å². The van der Waals surface area contributed by atoms with Gasteiger partial charge in [-0.25, -0.2) is 8.78 Å². The van der Waals surface area contributed by atoms with Crippen LogP contribution >= 0.6 is 0 Å². The lowest BCUT2D eigenvalue weighted by Crippen LogP contribution is -2.36. The van der Waals surface area contributed by atoms with Crippen LogP contribution in [0.1, 0.15) is 32.3 Å². The molecule has 1 aliphatic rings. The van der Waals surface area contributed by atoms with Crippen LogP contribution in [0.4, 0.5) is 8.78 Å². The lowest BCUT2D eigenvalue weighted by atomic mass is 9.84. The van der Waals surface area contributed by atoms with E-state index < -0.39 is 17.0 Å². The molecule has 102 valence electrons. The maximum atomic E-state index is 13.8. The highest BCUT2D eigenvalue weighted by atomic mass is 19.1. The summed E-state index contributed by atoms with van der Waals surface area (Å²) in [6.45, 7) is 5.00. The second kappa shape index (κ2) is 4.90. The highest BCUT2D eigenvalue weighted by molar-refractivity contribution is 5.26. The van der Waals surface area contributed by atoms with Crippen molar-refractivity contribution in [2.45, 2.75) is 32.1 Å². The highest BCUT2D eigenvalue weighted by Gasteiger charge is 2.42. The average Bonchev–Trinajstić information content (AvgIpc) is 3.09. The molecule has 0 amide bonds. The largest absolute Gasteiger partial charge is 0.314 e. The lowest BCUT2D eigenvalue weighted by Gasteiger charge is -2.26. The molecule has 2 nitrogen and oxygen atoms in total. The van der Waals surface area contributed by atoms with E-state index >= 15 is 0 Å². The van der Waals surface area contributed by atoms with Crippen molar-refractivity contribution in [1.29, 1.82) is 5.26 Å². The van der Waals surface area contributed by atoms with Gasteiger partial charge in [0.05, 0.1) is 11.5 Å². The summed E-state index contributed by atoms with van der Waals surface area (Å²) in [6.07, 6.45) is 1.86. The maximum Gasteiger partial charge on any atom is 0.129 e. The maximum absolute atomic E-state index is 13.8. The third kappa shape index (κ3) is 3.10. The number of rotatable bonds is 5. The van der Waals surface area contributed by atoms with Gasteiger partial charge in [-0.3, -0.25) is 0 Å². The van der Waals surface area contributed by atoms with Gasteiger partial charge in [-0.15, -0.1) is 0 Å². The van der Waals surface area contributed by atoms with Crippen LogP contribution in [0, 0.1) is 28.4 Å². The van der Waals surface area contributed by atoms with Gasteiger partial charge in [0.25, 0.3) is 0 Å². The smallest absolute Gasteiger partial charge is 0.129 e. The predicted octanol–water partition coefficient (Wildman–Crippen LogP) is 3.14. The molecule has 0 atom stereocenters. The molecular formula is C15H18F2N2. The molecule has 0 bridgehead atoms. The summed E-state index contributed by atoms with van der Waals surface area (Å²) >= 11 is 0. The Morgan fingerprint density at radius 2 is 2.05 bits per heavy atom. The summed E-state index contributed by atoms with van der Waals surface area (Å²) in [7, 11) is 0. The number of nitrogens with one attached hydrogen (secondary N) is 1. The first kappa shape index (κ1) is 14.0. The molecule has 1 aromatic rings. The number of hydrogen-bond donors (Lipinski definition) is 1. The number of hydrogen-bond acceptors (Lipinski definition) is 2. The minimum Gasteiger partial charge on any atom is -0.314 e. The third-order valence-electron chi connectivity index (χ3n) is 3.78. The third-order valence-corrected chi connectivity index (χ3v) is 3.78. The van der Waals surface area contributed by atoms with Gasteiger partial charge in [0, 0.05) is 24.6 Å². The number of nitrogens with zero attached hydrogens (tertiary/aromatic N) is 1. The molecular weight excluding hydrogens is 246 g/mol. The zero-order valence-corrected chi connectivity index (χ0v) is 11.3. The van der Waals surface area contributed by atoms with Gasteiger partial charge in [0.2, 0.25) is 0 Å². The van der Waals surface area contributed by atoms with Crippen LogP contribution in [-0.4, -0.2) is 13.1 Å². The molecule has 0 aromatic heterocycles. The summed E-state index contributed by atoms with van der Waals surface area (Å²) in [5.41, 5.74) is -0.163. The summed E-state index contributed by atoms with van der Waals surface area (Å²) in [5.74, 6) is -1.08. The molecule has 1 saturated carbocycles. The van der Waals surface area contributed by atoms with Crippen molar-refractivity contribution in [2.75, 3.05) is 13.1 Å². The van der Waals surface area contributed by atoms with Crippen molar-refractivity contribution in [3.63, 3.8) is 0 Å². The Morgan fingerprint density at radius 3 is 2.58 bits per heavy atom. The van der Waals surface area contributed by atoms with E-state index in [4.69, 9.17) is 5.26 Å². The zero-order chi connectivity index (χ0) is 14.1. The van der Waals surface area contributed by atoms with Gasteiger partial charge in [-0.05, 0) is 24.5 Å². The molecule has 0 unspecified atom stereocenters. The molecule has 0 saturated heterocycles. The van der Waals surface area contributed by atoms with Crippen LogP contribution in [0.5, 0.6) is 0 Å². The Labute approximate surface area is 112 Å². The van der Waals surface area contributed by atoms with E-state index in [0.717, 1.165) is 18.9 Å². The summed E-state index contributed by atoms with van der Waals surface area (Å²) in [6, 6.07) is 5.99. The number of nitriles is 1. The number of benzene rings is 1. The minimum atomic E-state index is -0.563. The van der Waals surface area contributed by atoms with E-state index in [1.807, 2.05) is 13.8 Å². The Balaban J connectivity index is 1.99. The van der Waals surface area contributed by atoms with Crippen LogP contribution in [0.3, 0.4) is 0 Å². The fourth-order valence-electron chi connectivity index (χ4n) is 2.23. The molecule has 1 fully saturated rings. The Bertz CT molecular complexity index is 513. The molecule has 0 radical (unpaired) electrons. The van der Waals surface area contributed by atoms with Crippen molar-refractivity contribution in [2.24, 2.45) is 5.41 Å². The van der Waals surface area contributed by atoms with Crippen LogP contribution in [0.15, 0.2) is 18.2 Å². The van der Waals surface area contributed by atoms with Gasteiger partial charge in [0.1, 0.15) is 11.6 Å². The average molecular weight is 264 g/mol. The molecule has 1 N–H and O–H groups in total. The van der Waals surface area contributed by atoms with Gasteiger partial charge >= 0.3 is 0 Å². The SMILES string of the molecule is CC(C)(CNCC1(C#N)CC1)c1ccc(F)cc1F. The van der Waals surface area contributed by atoms with Crippen molar-refractivity contribution in [3.05, 3.63) is 35.4 Å². The fraction of sp³-hybridized carbons (Fsp3) is 0.533. The summed E-state index contributed by atoms with van der Waals surface area (Å²) in [5, 5.41) is 12.2. The van der Waals surface area contributed by atoms with E-state index in [2.05, 4.69) is 11.4 Å². The standard InChI is InChI=1S/C15H18F2N2/c1-14(2,9-19-10-15(8-18)5-6-15)12-4-3-11(16)7-13(12)17/h3-4,7,19H,5-6,9-10H2,1-2H3. The fourth-order valence-corrected chi connectivity index (χ4v) is 2.23. The first-order valence-corrected chi connectivity index (χ1v) is 6.46. The molecule has 4 heteroatoms. The monoisotopic (exact) mass is 264 g/mol. The Morgan fingerprint density at radius 1 is 1.37 bits per heavy atom. The quantitative estimate of drug-likeness (QED) is 0.887. The van der Waals surface area contributed by atoms with E-state index in [1.54, 1.807) is 0 Å². The van der Waals surface area contributed by atoms with Crippen molar-refractivity contribution < 1.29 is 8.78 Å². The van der Waals surface area contributed by atoms with Gasteiger partial charge < -0.3 is 5.32 Å². The van der Waals surface area contributed by atoms with Crippen LogP contribution in [0.25, 0.3) is 0 Å². The van der Waals surface area contributed by atoms with Gasteiger partial charge in [-0.1, -0.05) is 19.9 Å². The lowest BCUT2D eigenvalue weighted by molar-refractivity contribution is 0.424. The second-order valence-corrected chi connectivity index (χ2v) is 6.00. The molecule has 19 heavy (non-hydrogen) atoms. The molecule has 0 aliphatic heterocycles. The van der Waals surface area contributed by atoms with Crippen molar-refractivity contribution >= 4 is 0 Å². The van der Waals surface area contributed by atoms with Gasteiger partial charge in [-0.2, -0.15) is 5.26 Å². The van der Waals surface area contributed by atoms with Crippen molar-refractivity contribution in [3.8, 4) is 6.07 Å². The second-order valence-electron chi connectivity index (χ2n) is 6.00. The first-order chi connectivity index (χ1) is 8.88. The topological polar surface area (TPSA) is 35.8 Å². The highest BCUT2D eigenvalue weighted by Crippen LogP contribution is 2.44. The number of halogens is 2. The Kier molecular flexibility index (Phi) is 3.60. The molecule has 0 heterocycles. The predicted molar refractivity (Wildman–Crippen MR) is 69.5 cm³/mol. The normalized spacial score (nSPS) is 17.0. The molecule has 0 spiro atoms. The minimum absolute atomic E-state index is 0.211. The van der Waals surface area contributed by atoms with E-state index in [-0.39, 0.29) is 5.41 Å². The molecule has 1 aliphatic carbocycles. The van der Waals surface area contributed by atoms with Crippen LogP contribution in [-0.2, 0) is 5.41 Å². The first-order valence-electron chi connectivity index (χ1n) is 6.46. The summed E-state index contributed by atoms with van der Waals surface area (Å²) < 4.78 is 26.7. The van der Waals surface area contributed by atoms with E-state index in [1.165, 1.54) is 12.1 Å². The molecule has 2 rings (SSSR count). The Hall–Kier alpha value is -1.47. The van der Waals surface area contributed by atoms with Crippen LogP contribution in [0.2, 0.25) is 0 Å². The van der Waals surface area contributed by atoms with Crippen LogP contribution < -0.4 is 5.32 Å². The summed E-state index contributed by atoms with van der Waals surface area (Å²) in [4.78, 5) is 0. The van der Waals surface area contributed by atoms with Crippen molar-refractivity contribution in [1.82, 2.24) is 5.32 Å². The van der Waals surface area contributed by atoms with Gasteiger partial charge in [0.15, 0.2) is 0 Å². The van der Waals surface area contributed by atoms with E-state index in [9.17, 15) is 8.78 Å². The molecule has 1 aromatic carbocycles.